The monoisotopic (exact) mass is 252 g/mol. The van der Waals surface area contributed by atoms with Gasteiger partial charge in [0.2, 0.25) is 0 Å². The lowest BCUT2D eigenvalue weighted by atomic mass is 9.60. The molecule has 18 heavy (non-hydrogen) atoms. The van der Waals surface area contributed by atoms with E-state index in [4.69, 9.17) is 9.31 Å². The Bertz CT molecular complexity index is 328. The molecule has 1 heterocycles. The molecule has 0 N–H and O–H groups in total. The molecule has 1 unspecified atom stereocenters. The Morgan fingerprint density at radius 3 is 1.61 bits per heavy atom. The minimum absolute atomic E-state index is 0.0493. The molecule has 2 fully saturated rings. The average molecular weight is 252 g/mol. The van der Waals surface area contributed by atoms with E-state index in [0.717, 1.165) is 0 Å². The molecule has 1 aliphatic heterocycles. The lowest BCUT2D eigenvalue weighted by Crippen LogP contribution is -2.41. The van der Waals surface area contributed by atoms with E-state index in [2.05, 4.69) is 55.4 Å². The molecular weight excluding hydrogens is 223 g/mol. The summed E-state index contributed by atoms with van der Waals surface area (Å²) in [6, 6.07) is 0. The fourth-order valence-electron chi connectivity index (χ4n) is 3.83. The van der Waals surface area contributed by atoms with Crippen LogP contribution >= 0.6 is 0 Å². The Kier molecular flexibility index (Phi) is 3.01. The molecule has 1 saturated heterocycles. The van der Waals surface area contributed by atoms with E-state index in [9.17, 15) is 0 Å². The second-order valence-corrected chi connectivity index (χ2v) is 8.76. The first-order chi connectivity index (χ1) is 7.86. The standard InChI is InChI=1S/C15H29BO2/c1-12(2)9-11(13(3,4)10-12)16-17-14(5,6)15(7,8)18-16/h11H,9-10H2,1-8H3. The first-order valence-corrected chi connectivity index (χ1v) is 7.22. The Hall–Kier alpha value is -0.0151. The van der Waals surface area contributed by atoms with Crippen LogP contribution in [0.1, 0.15) is 68.2 Å². The molecule has 0 spiro atoms. The molecule has 0 aromatic rings. The van der Waals surface area contributed by atoms with Crippen LogP contribution in [-0.2, 0) is 9.31 Å². The summed E-state index contributed by atoms with van der Waals surface area (Å²) < 4.78 is 12.5. The lowest BCUT2D eigenvalue weighted by Gasteiger charge is -2.32. The Labute approximate surface area is 113 Å². The van der Waals surface area contributed by atoms with Crippen molar-refractivity contribution < 1.29 is 9.31 Å². The van der Waals surface area contributed by atoms with E-state index in [1.807, 2.05) is 0 Å². The van der Waals surface area contributed by atoms with E-state index in [-0.39, 0.29) is 18.3 Å². The van der Waals surface area contributed by atoms with Crippen LogP contribution in [0, 0.1) is 10.8 Å². The van der Waals surface area contributed by atoms with Crippen LogP contribution in [0.3, 0.4) is 0 Å². The summed E-state index contributed by atoms with van der Waals surface area (Å²) in [5, 5.41) is 0. The number of hydrogen-bond acceptors (Lipinski definition) is 2. The highest BCUT2D eigenvalue weighted by Gasteiger charge is 2.59. The summed E-state index contributed by atoms with van der Waals surface area (Å²) in [7, 11) is -0.0493. The van der Waals surface area contributed by atoms with Crippen molar-refractivity contribution >= 4 is 7.12 Å². The van der Waals surface area contributed by atoms with Gasteiger partial charge in [0.25, 0.3) is 0 Å². The van der Waals surface area contributed by atoms with Gasteiger partial charge in [0.15, 0.2) is 0 Å². The SMILES string of the molecule is CC1(C)CC(B2OC(C)(C)C(C)(C)O2)C(C)(C)C1. The van der Waals surface area contributed by atoms with Gasteiger partial charge in [0, 0.05) is 0 Å². The highest BCUT2D eigenvalue weighted by molar-refractivity contribution is 6.47. The van der Waals surface area contributed by atoms with Gasteiger partial charge in [-0.3, -0.25) is 0 Å². The number of hydrogen-bond donors (Lipinski definition) is 0. The summed E-state index contributed by atoms with van der Waals surface area (Å²) >= 11 is 0. The second kappa shape index (κ2) is 3.76. The van der Waals surface area contributed by atoms with Crippen molar-refractivity contribution in [2.45, 2.75) is 85.3 Å². The Morgan fingerprint density at radius 2 is 1.28 bits per heavy atom. The summed E-state index contributed by atoms with van der Waals surface area (Å²) in [6.07, 6.45) is 2.44. The summed E-state index contributed by atoms with van der Waals surface area (Å²) in [5.74, 6) is 0.494. The molecule has 2 aliphatic rings. The fraction of sp³-hybridized carbons (Fsp3) is 1.00. The van der Waals surface area contributed by atoms with Crippen LogP contribution in [0.15, 0.2) is 0 Å². The highest BCUT2D eigenvalue weighted by atomic mass is 16.7. The van der Waals surface area contributed by atoms with E-state index < -0.39 is 0 Å². The van der Waals surface area contributed by atoms with Crippen molar-refractivity contribution in [2.75, 3.05) is 0 Å². The molecule has 3 heteroatoms. The van der Waals surface area contributed by atoms with Crippen LogP contribution in [0.5, 0.6) is 0 Å². The second-order valence-electron chi connectivity index (χ2n) is 8.76. The normalized spacial score (nSPS) is 36.0. The molecule has 2 rings (SSSR count). The largest absolute Gasteiger partial charge is 0.461 e. The van der Waals surface area contributed by atoms with Crippen molar-refractivity contribution in [3.05, 3.63) is 0 Å². The van der Waals surface area contributed by atoms with Gasteiger partial charge in [-0.15, -0.1) is 0 Å². The molecule has 2 nitrogen and oxygen atoms in total. The van der Waals surface area contributed by atoms with E-state index >= 15 is 0 Å². The molecule has 104 valence electrons. The molecular formula is C15H29BO2. The van der Waals surface area contributed by atoms with Crippen LogP contribution in [0.4, 0.5) is 0 Å². The van der Waals surface area contributed by atoms with Crippen LogP contribution in [-0.4, -0.2) is 18.3 Å². The van der Waals surface area contributed by atoms with E-state index in [1.54, 1.807) is 0 Å². The zero-order chi connectivity index (χ0) is 14.0. The number of rotatable bonds is 1. The summed E-state index contributed by atoms with van der Waals surface area (Å²) in [4.78, 5) is 0. The van der Waals surface area contributed by atoms with Gasteiger partial charge < -0.3 is 9.31 Å². The van der Waals surface area contributed by atoms with Crippen LogP contribution < -0.4 is 0 Å². The van der Waals surface area contributed by atoms with E-state index in [1.165, 1.54) is 12.8 Å². The van der Waals surface area contributed by atoms with Gasteiger partial charge in [-0.25, -0.2) is 0 Å². The Morgan fingerprint density at radius 1 is 0.833 bits per heavy atom. The lowest BCUT2D eigenvalue weighted by molar-refractivity contribution is 0.00578. The van der Waals surface area contributed by atoms with Gasteiger partial charge in [0.05, 0.1) is 11.2 Å². The highest BCUT2D eigenvalue weighted by Crippen LogP contribution is 2.59. The van der Waals surface area contributed by atoms with Gasteiger partial charge >= 0.3 is 7.12 Å². The van der Waals surface area contributed by atoms with Crippen molar-refractivity contribution in [1.82, 2.24) is 0 Å². The third-order valence-electron chi connectivity index (χ3n) is 5.31. The van der Waals surface area contributed by atoms with Crippen molar-refractivity contribution in [3.63, 3.8) is 0 Å². The average Bonchev–Trinajstić information content (AvgIpc) is 2.42. The molecule has 0 radical (unpaired) electrons. The summed E-state index contributed by atoms with van der Waals surface area (Å²) in [6.45, 7) is 18.0. The molecule has 0 amide bonds. The third-order valence-corrected chi connectivity index (χ3v) is 5.31. The maximum absolute atomic E-state index is 6.25. The smallest absolute Gasteiger partial charge is 0.403 e. The molecule has 0 aromatic carbocycles. The molecule has 1 saturated carbocycles. The quantitative estimate of drug-likeness (QED) is 0.648. The zero-order valence-corrected chi connectivity index (χ0v) is 13.4. The first-order valence-electron chi connectivity index (χ1n) is 7.22. The molecule has 0 aromatic heterocycles. The third kappa shape index (κ3) is 2.25. The van der Waals surface area contributed by atoms with Crippen molar-refractivity contribution in [2.24, 2.45) is 10.8 Å². The zero-order valence-electron chi connectivity index (χ0n) is 13.4. The summed E-state index contributed by atoms with van der Waals surface area (Å²) in [5.41, 5.74) is 0.281. The first kappa shape index (κ1) is 14.4. The van der Waals surface area contributed by atoms with Gasteiger partial charge in [-0.05, 0) is 57.2 Å². The van der Waals surface area contributed by atoms with Gasteiger partial charge in [0.1, 0.15) is 0 Å². The van der Waals surface area contributed by atoms with Crippen molar-refractivity contribution in [1.29, 1.82) is 0 Å². The van der Waals surface area contributed by atoms with Gasteiger partial charge in [-0.2, -0.15) is 0 Å². The predicted octanol–water partition coefficient (Wildman–Crippen LogP) is 4.30. The van der Waals surface area contributed by atoms with Gasteiger partial charge in [-0.1, -0.05) is 27.7 Å². The molecule has 1 atom stereocenters. The van der Waals surface area contributed by atoms with Crippen LogP contribution in [0.2, 0.25) is 5.82 Å². The molecule has 0 bridgehead atoms. The minimum Gasteiger partial charge on any atom is -0.403 e. The van der Waals surface area contributed by atoms with Crippen LogP contribution in [0.25, 0.3) is 0 Å². The minimum atomic E-state index is -0.208. The fourth-order valence-corrected chi connectivity index (χ4v) is 3.83. The predicted molar refractivity (Wildman–Crippen MR) is 76.6 cm³/mol. The maximum Gasteiger partial charge on any atom is 0.461 e. The van der Waals surface area contributed by atoms with Crippen molar-refractivity contribution in [3.8, 4) is 0 Å². The topological polar surface area (TPSA) is 18.5 Å². The Balaban J connectivity index is 2.20. The van der Waals surface area contributed by atoms with E-state index in [0.29, 0.717) is 16.6 Å². The molecule has 1 aliphatic carbocycles. The maximum atomic E-state index is 6.25.